The fourth-order valence-electron chi connectivity index (χ4n) is 6.06. The molecule has 1 heterocycles. The number of halogens is 1. The van der Waals surface area contributed by atoms with Crippen LogP contribution < -0.4 is 5.73 Å². The normalized spacial score (nSPS) is 16.4. The molecule has 2 atom stereocenters. The Morgan fingerprint density at radius 1 is 0.667 bits per heavy atom. The van der Waals surface area contributed by atoms with Crippen LogP contribution in [0.1, 0.15) is 36.0 Å². The summed E-state index contributed by atoms with van der Waals surface area (Å²) >= 11 is 3.31. The van der Waals surface area contributed by atoms with Gasteiger partial charge in [-0.25, -0.2) is 0 Å². The molecule has 3 heteroatoms. The second-order valence-corrected chi connectivity index (χ2v) is 11.3. The number of nitrogen functional groups attached to an aromatic ring is 1. The van der Waals surface area contributed by atoms with Crippen molar-refractivity contribution in [2.45, 2.75) is 25.7 Å². The molecule has 0 saturated heterocycles. The molecule has 0 spiro atoms. The van der Waals surface area contributed by atoms with Gasteiger partial charge in [-0.2, -0.15) is 0 Å². The second kappa shape index (κ2) is 11.0. The summed E-state index contributed by atoms with van der Waals surface area (Å²) in [6.45, 7) is 2.39. The van der Waals surface area contributed by atoms with Crippen LogP contribution in [0.3, 0.4) is 0 Å². The van der Waals surface area contributed by atoms with E-state index >= 15 is 0 Å². The van der Waals surface area contributed by atoms with Crippen LogP contribution in [-0.2, 0) is 6.42 Å². The van der Waals surface area contributed by atoms with Gasteiger partial charge >= 0.3 is 0 Å². The van der Waals surface area contributed by atoms with Crippen molar-refractivity contribution in [3.63, 3.8) is 0 Å². The van der Waals surface area contributed by atoms with Crippen LogP contribution in [0.2, 0.25) is 0 Å². The second-order valence-electron chi connectivity index (χ2n) is 10.4. The van der Waals surface area contributed by atoms with Crippen LogP contribution in [0.4, 0.5) is 5.69 Å². The lowest BCUT2D eigenvalue weighted by Crippen LogP contribution is -2.18. The molecule has 0 amide bonds. The Hall–Kier alpha value is -3.95. The minimum atomic E-state index is 0.368. The van der Waals surface area contributed by atoms with Gasteiger partial charge in [0, 0.05) is 33.2 Å². The number of hydrogen-bond acceptors (Lipinski definition) is 2. The zero-order valence-corrected chi connectivity index (χ0v) is 23.6. The molecule has 2 unspecified atom stereocenters. The molecule has 1 aromatic heterocycles. The van der Waals surface area contributed by atoms with Gasteiger partial charge in [-0.1, -0.05) is 108 Å². The molecule has 5 aromatic carbocycles. The Balaban J connectivity index is 0.000000346. The summed E-state index contributed by atoms with van der Waals surface area (Å²) in [5.74, 6) is 0.985. The van der Waals surface area contributed by atoms with E-state index in [1.165, 1.54) is 38.4 Å². The van der Waals surface area contributed by atoms with Crippen molar-refractivity contribution < 1.29 is 0 Å². The fraction of sp³-hybridized carbons (Fsp3) is 0.139. The lowest BCUT2D eigenvalue weighted by molar-refractivity contribution is 0.467. The van der Waals surface area contributed by atoms with E-state index < -0.39 is 0 Å². The first-order valence-corrected chi connectivity index (χ1v) is 14.3. The number of aromatic nitrogens is 1. The van der Waals surface area contributed by atoms with Crippen molar-refractivity contribution >= 4 is 43.2 Å². The van der Waals surface area contributed by atoms with Crippen LogP contribution >= 0.6 is 15.9 Å². The molecule has 6 aromatic rings. The Morgan fingerprint density at radius 3 is 2.15 bits per heavy atom. The zero-order chi connectivity index (χ0) is 26.8. The van der Waals surface area contributed by atoms with E-state index in [-0.39, 0.29) is 0 Å². The summed E-state index contributed by atoms with van der Waals surface area (Å²) in [5, 5.41) is 5.06. The van der Waals surface area contributed by atoms with Gasteiger partial charge in [-0.05, 0) is 81.9 Å². The monoisotopic (exact) mass is 570 g/mol. The van der Waals surface area contributed by atoms with Crippen LogP contribution in [0, 0.1) is 5.92 Å². The number of nitrogens with zero attached hydrogens (tertiary/aromatic N) is 1. The van der Waals surface area contributed by atoms with Crippen molar-refractivity contribution in [3.8, 4) is 11.3 Å². The quantitative estimate of drug-likeness (QED) is 0.166. The number of hydrogen-bond donors (Lipinski definition) is 1. The molecule has 2 nitrogen and oxygen atoms in total. The molecule has 192 valence electrons. The summed E-state index contributed by atoms with van der Waals surface area (Å²) in [6, 6.07) is 40.3. The van der Waals surface area contributed by atoms with Gasteiger partial charge in [0.05, 0.1) is 5.69 Å². The van der Waals surface area contributed by atoms with Crippen LogP contribution in [0.25, 0.3) is 32.8 Å². The third-order valence-corrected chi connectivity index (χ3v) is 8.34. The highest BCUT2D eigenvalue weighted by molar-refractivity contribution is 9.10. The molecular formula is C36H31BrN2. The number of rotatable bonds is 2. The molecule has 1 aliphatic rings. The first-order valence-electron chi connectivity index (χ1n) is 13.5. The summed E-state index contributed by atoms with van der Waals surface area (Å²) in [7, 11) is 0. The van der Waals surface area contributed by atoms with Crippen molar-refractivity contribution in [2.24, 2.45) is 5.92 Å². The number of pyridine rings is 1. The average Bonchev–Trinajstić information content (AvgIpc) is 2.98. The van der Waals surface area contributed by atoms with E-state index in [1.54, 1.807) is 0 Å². The van der Waals surface area contributed by atoms with Gasteiger partial charge in [-0.15, -0.1) is 0 Å². The van der Waals surface area contributed by atoms with E-state index in [0.29, 0.717) is 11.8 Å². The third-order valence-electron chi connectivity index (χ3n) is 7.82. The SMILES string of the molecule is Brc1ccccc1.CC1Cc2c(ccc3c2ccc2c(N)cccc23)C(c2ccccc2-c2ccccn2)C1. The van der Waals surface area contributed by atoms with Gasteiger partial charge in [0.15, 0.2) is 0 Å². The van der Waals surface area contributed by atoms with Crippen molar-refractivity contribution in [2.75, 3.05) is 5.73 Å². The van der Waals surface area contributed by atoms with Crippen LogP contribution in [0.15, 0.2) is 126 Å². The minimum Gasteiger partial charge on any atom is -0.398 e. The third kappa shape index (κ3) is 5.07. The highest BCUT2D eigenvalue weighted by Crippen LogP contribution is 2.45. The fourth-order valence-corrected chi connectivity index (χ4v) is 6.36. The largest absolute Gasteiger partial charge is 0.398 e. The predicted octanol–water partition coefficient (Wildman–Crippen LogP) is 9.80. The van der Waals surface area contributed by atoms with Crippen molar-refractivity contribution in [3.05, 3.63) is 143 Å². The Bertz CT molecular complexity index is 1750. The highest BCUT2D eigenvalue weighted by Gasteiger charge is 2.29. The first kappa shape index (κ1) is 25.3. The molecule has 39 heavy (non-hydrogen) atoms. The summed E-state index contributed by atoms with van der Waals surface area (Å²) in [6.07, 6.45) is 4.15. The number of fused-ring (bicyclic) bond motifs is 5. The van der Waals surface area contributed by atoms with Crippen LogP contribution in [-0.4, -0.2) is 4.98 Å². The highest BCUT2D eigenvalue weighted by atomic mass is 79.9. The number of benzene rings is 5. The zero-order valence-electron chi connectivity index (χ0n) is 22.0. The lowest BCUT2D eigenvalue weighted by atomic mass is 9.72. The Kier molecular flexibility index (Phi) is 7.17. The summed E-state index contributed by atoms with van der Waals surface area (Å²) < 4.78 is 1.13. The van der Waals surface area contributed by atoms with Gasteiger partial charge in [-0.3, -0.25) is 4.98 Å². The van der Waals surface area contributed by atoms with E-state index in [9.17, 15) is 0 Å². The number of nitrogens with two attached hydrogens (primary N) is 1. The molecule has 0 bridgehead atoms. The predicted molar refractivity (Wildman–Crippen MR) is 169 cm³/mol. The lowest BCUT2D eigenvalue weighted by Gasteiger charge is -2.32. The maximum atomic E-state index is 6.27. The molecule has 0 fully saturated rings. The average molecular weight is 572 g/mol. The first-order chi connectivity index (χ1) is 19.1. The van der Waals surface area contributed by atoms with Crippen LogP contribution in [0.5, 0.6) is 0 Å². The Labute approximate surface area is 238 Å². The molecule has 7 rings (SSSR count). The van der Waals surface area contributed by atoms with Gasteiger partial charge in [0.1, 0.15) is 0 Å². The molecule has 0 aliphatic heterocycles. The molecule has 1 aliphatic carbocycles. The van der Waals surface area contributed by atoms with Gasteiger partial charge in [0.25, 0.3) is 0 Å². The molecular weight excluding hydrogens is 540 g/mol. The molecule has 0 saturated carbocycles. The minimum absolute atomic E-state index is 0.368. The maximum Gasteiger partial charge on any atom is 0.0704 e. The van der Waals surface area contributed by atoms with E-state index in [1.807, 2.05) is 48.7 Å². The van der Waals surface area contributed by atoms with Gasteiger partial charge < -0.3 is 5.73 Å². The standard InChI is InChI=1S/C30H26N2.C6H5Br/c1-19-17-27(21-7-2-3-8-26(21)30-11-4-5-16-32-30)24-13-12-22-20-9-6-10-29(31)25(20)15-14-23(22)28(24)18-19;7-6-4-2-1-3-5-6/h2-16,19,27H,17-18,31H2,1H3;1-5H. The van der Waals surface area contributed by atoms with E-state index in [2.05, 4.69) is 101 Å². The van der Waals surface area contributed by atoms with E-state index in [0.717, 1.165) is 34.1 Å². The summed E-state index contributed by atoms with van der Waals surface area (Å²) in [5.41, 5.74) is 13.7. The van der Waals surface area contributed by atoms with Crippen molar-refractivity contribution in [1.29, 1.82) is 0 Å². The number of anilines is 1. The van der Waals surface area contributed by atoms with Crippen molar-refractivity contribution in [1.82, 2.24) is 4.98 Å². The Morgan fingerprint density at radius 2 is 1.38 bits per heavy atom. The molecule has 0 radical (unpaired) electrons. The van der Waals surface area contributed by atoms with Gasteiger partial charge in [0.2, 0.25) is 0 Å². The maximum absolute atomic E-state index is 6.27. The summed E-state index contributed by atoms with van der Waals surface area (Å²) in [4.78, 5) is 4.66. The smallest absolute Gasteiger partial charge is 0.0704 e. The van der Waals surface area contributed by atoms with E-state index in [4.69, 9.17) is 5.73 Å². The molecule has 2 N–H and O–H groups in total. The topological polar surface area (TPSA) is 38.9 Å².